The Balaban J connectivity index is 1.64. The molecule has 0 N–H and O–H groups in total. The average Bonchev–Trinajstić information content (AvgIpc) is 3.10. The lowest BCUT2D eigenvalue weighted by molar-refractivity contribution is -0.144. The third kappa shape index (κ3) is 3.95. The third-order valence-electron chi connectivity index (χ3n) is 3.99. The van der Waals surface area contributed by atoms with Gasteiger partial charge in [-0.25, -0.2) is 0 Å². The molecule has 0 aliphatic carbocycles. The molecular weight excluding hydrogens is 312 g/mol. The molecule has 2 heterocycles. The minimum atomic E-state index is -0.356. The van der Waals surface area contributed by atoms with Crippen molar-refractivity contribution in [2.75, 3.05) is 37.9 Å². The molecule has 1 aromatic rings. The van der Waals surface area contributed by atoms with Crippen LogP contribution in [-0.4, -0.2) is 65.6 Å². The van der Waals surface area contributed by atoms with E-state index < -0.39 is 0 Å². The van der Waals surface area contributed by atoms with Gasteiger partial charge in [-0.2, -0.15) is 0 Å². The molecule has 3 rings (SSSR count). The molecule has 23 heavy (non-hydrogen) atoms. The molecule has 0 radical (unpaired) electrons. The maximum Gasteiger partial charge on any atom is 0.247 e. The maximum atomic E-state index is 12.6. The summed E-state index contributed by atoms with van der Waals surface area (Å²) in [5.74, 6) is 1.17. The quantitative estimate of drug-likeness (QED) is 0.787. The van der Waals surface area contributed by atoms with Gasteiger partial charge >= 0.3 is 0 Å². The highest BCUT2D eigenvalue weighted by molar-refractivity contribution is 7.99. The lowest BCUT2D eigenvalue weighted by Crippen LogP contribution is -2.51. The Bertz CT molecular complexity index is 585. The first kappa shape index (κ1) is 16.1. The number of benzene rings is 1. The van der Waals surface area contributed by atoms with Gasteiger partial charge in [0.15, 0.2) is 0 Å². The predicted molar refractivity (Wildman–Crippen MR) is 90.8 cm³/mol. The van der Waals surface area contributed by atoms with Crippen LogP contribution in [0.1, 0.15) is 5.56 Å². The van der Waals surface area contributed by atoms with E-state index in [0.717, 1.165) is 5.56 Å². The molecule has 5 nitrogen and oxygen atoms in total. The Morgan fingerprint density at radius 3 is 2.65 bits per heavy atom. The maximum absolute atomic E-state index is 12.6. The van der Waals surface area contributed by atoms with Gasteiger partial charge in [0.25, 0.3) is 0 Å². The zero-order valence-corrected chi connectivity index (χ0v) is 13.7. The van der Waals surface area contributed by atoms with E-state index in [4.69, 9.17) is 4.74 Å². The molecule has 122 valence electrons. The van der Waals surface area contributed by atoms with Crippen molar-refractivity contribution in [2.45, 2.75) is 6.04 Å². The Morgan fingerprint density at radius 2 is 1.91 bits per heavy atom. The number of amides is 2. The van der Waals surface area contributed by atoms with Crippen LogP contribution in [0.5, 0.6) is 0 Å². The van der Waals surface area contributed by atoms with E-state index in [1.807, 2.05) is 30.3 Å². The number of thioether (sulfide) groups is 1. The van der Waals surface area contributed by atoms with E-state index in [-0.39, 0.29) is 17.9 Å². The molecule has 0 spiro atoms. The minimum absolute atomic E-state index is 0.0414. The number of morpholine rings is 1. The van der Waals surface area contributed by atoms with Gasteiger partial charge in [-0.05, 0) is 11.6 Å². The molecule has 0 saturated carbocycles. The molecule has 0 bridgehead atoms. The van der Waals surface area contributed by atoms with Crippen LogP contribution < -0.4 is 0 Å². The lowest BCUT2D eigenvalue weighted by Gasteiger charge is -2.31. The van der Waals surface area contributed by atoms with Crippen LogP contribution in [0.3, 0.4) is 0 Å². The number of nitrogens with zero attached hydrogens (tertiary/aromatic N) is 2. The van der Waals surface area contributed by atoms with Crippen LogP contribution in [0.4, 0.5) is 0 Å². The van der Waals surface area contributed by atoms with Crippen molar-refractivity contribution in [1.29, 1.82) is 0 Å². The second kappa shape index (κ2) is 7.66. The van der Waals surface area contributed by atoms with Crippen LogP contribution >= 0.6 is 11.8 Å². The van der Waals surface area contributed by atoms with Crippen LogP contribution in [0.15, 0.2) is 36.4 Å². The first-order chi connectivity index (χ1) is 11.3. The first-order valence-electron chi connectivity index (χ1n) is 7.74. The summed E-state index contributed by atoms with van der Waals surface area (Å²) in [5, 5.41) is 0. The molecule has 2 saturated heterocycles. The molecule has 2 aliphatic heterocycles. The second-order valence-electron chi connectivity index (χ2n) is 5.51. The number of hydrogen-bond acceptors (Lipinski definition) is 4. The minimum Gasteiger partial charge on any atom is -0.378 e. The van der Waals surface area contributed by atoms with Gasteiger partial charge in [0.1, 0.15) is 6.04 Å². The highest BCUT2D eigenvalue weighted by Crippen LogP contribution is 2.23. The monoisotopic (exact) mass is 332 g/mol. The lowest BCUT2D eigenvalue weighted by atomic mass is 10.2. The molecule has 6 heteroatoms. The fraction of sp³-hybridized carbons (Fsp3) is 0.412. The van der Waals surface area contributed by atoms with Gasteiger partial charge in [-0.3, -0.25) is 9.59 Å². The summed E-state index contributed by atoms with van der Waals surface area (Å²) in [6, 6.07) is 9.33. The van der Waals surface area contributed by atoms with E-state index in [0.29, 0.717) is 37.9 Å². The van der Waals surface area contributed by atoms with E-state index in [9.17, 15) is 9.59 Å². The fourth-order valence-corrected chi connectivity index (χ4v) is 3.84. The zero-order chi connectivity index (χ0) is 16.1. The Morgan fingerprint density at radius 1 is 1.17 bits per heavy atom. The smallest absolute Gasteiger partial charge is 0.247 e. The van der Waals surface area contributed by atoms with Crippen molar-refractivity contribution in [3.05, 3.63) is 42.0 Å². The molecule has 1 atom stereocenters. The van der Waals surface area contributed by atoms with Crippen molar-refractivity contribution in [3.63, 3.8) is 0 Å². The van der Waals surface area contributed by atoms with E-state index >= 15 is 0 Å². The largest absolute Gasteiger partial charge is 0.378 e. The summed E-state index contributed by atoms with van der Waals surface area (Å²) < 4.78 is 5.28. The van der Waals surface area contributed by atoms with Crippen molar-refractivity contribution in [3.8, 4) is 0 Å². The Labute approximate surface area is 140 Å². The number of carbonyl (C=O) groups is 2. The molecule has 1 unspecified atom stereocenters. The van der Waals surface area contributed by atoms with Crippen molar-refractivity contribution in [1.82, 2.24) is 9.80 Å². The summed E-state index contributed by atoms with van der Waals surface area (Å²) >= 11 is 1.63. The van der Waals surface area contributed by atoms with Gasteiger partial charge in [0, 0.05) is 24.9 Å². The number of hydrogen-bond donors (Lipinski definition) is 0. The number of carbonyl (C=O) groups excluding carboxylic acids is 2. The molecule has 2 fully saturated rings. The topological polar surface area (TPSA) is 49.9 Å². The summed E-state index contributed by atoms with van der Waals surface area (Å²) in [5.41, 5.74) is 0.976. The normalized spacial score (nSPS) is 21.8. The molecule has 1 aromatic carbocycles. The van der Waals surface area contributed by atoms with Gasteiger partial charge in [0.2, 0.25) is 11.8 Å². The molecule has 0 aromatic heterocycles. The molecule has 2 amide bonds. The van der Waals surface area contributed by atoms with Crippen LogP contribution in [0.25, 0.3) is 6.08 Å². The number of ether oxygens (including phenoxy) is 1. The summed E-state index contributed by atoms with van der Waals surface area (Å²) in [4.78, 5) is 28.6. The van der Waals surface area contributed by atoms with E-state index in [1.165, 1.54) is 0 Å². The Kier molecular flexibility index (Phi) is 5.35. The summed E-state index contributed by atoms with van der Waals surface area (Å²) in [7, 11) is 0. The van der Waals surface area contributed by atoms with Gasteiger partial charge in [0.05, 0.1) is 19.1 Å². The van der Waals surface area contributed by atoms with Crippen molar-refractivity contribution >= 4 is 29.7 Å². The van der Waals surface area contributed by atoms with Crippen molar-refractivity contribution < 1.29 is 14.3 Å². The predicted octanol–water partition coefficient (Wildman–Crippen LogP) is 1.46. The van der Waals surface area contributed by atoms with Gasteiger partial charge < -0.3 is 14.5 Å². The zero-order valence-electron chi connectivity index (χ0n) is 12.9. The van der Waals surface area contributed by atoms with E-state index in [2.05, 4.69) is 0 Å². The van der Waals surface area contributed by atoms with Crippen LogP contribution in [0.2, 0.25) is 0 Å². The van der Waals surface area contributed by atoms with Crippen LogP contribution in [-0.2, 0) is 14.3 Å². The summed E-state index contributed by atoms with van der Waals surface area (Å²) in [6.07, 6.45) is 3.35. The van der Waals surface area contributed by atoms with Crippen molar-refractivity contribution in [2.24, 2.45) is 0 Å². The Hall–Kier alpha value is -1.79. The van der Waals surface area contributed by atoms with Gasteiger partial charge in [-0.1, -0.05) is 30.3 Å². The number of rotatable bonds is 3. The highest BCUT2D eigenvalue weighted by Gasteiger charge is 2.36. The van der Waals surface area contributed by atoms with Crippen LogP contribution in [0, 0.1) is 0 Å². The standard InChI is InChI=1S/C17H20N2O3S/c20-16(7-6-14-4-2-1-3-5-14)19-13-23-12-15(19)17(21)18-8-10-22-11-9-18/h1-7,15H,8-13H2. The first-order valence-corrected chi connectivity index (χ1v) is 8.89. The third-order valence-corrected chi connectivity index (χ3v) is 5.00. The average molecular weight is 332 g/mol. The van der Waals surface area contributed by atoms with Gasteiger partial charge in [-0.15, -0.1) is 11.8 Å². The highest BCUT2D eigenvalue weighted by atomic mass is 32.2. The SMILES string of the molecule is O=C(C1CSCN1C(=O)C=Cc1ccccc1)N1CCOCC1. The second-order valence-corrected chi connectivity index (χ2v) is 6.51. The molecule has 2 aliphatic rings. The fourth-order valence-electron chi connectivity index (χ4n) is 2.69. The summed E-state index contributed by atoms with van der Waals surface area (Å²) in [6.45, 7) is 2.38. The molecular formula is C17H20N2O3S. The van der Waals surface area contributed by atoms with E-state index in [1.54, 1.807) is 33.7 Å².